The summed E-state index contributed by atoms with van der Waals surface area (Å²) in [5.74, 6) is -0.217. The fourth-order valence-electron chi connectivity index (χ4n) is 5.67. The molecule has 1 saturated carbocycles. The van der Waals surface area contributed by atoms with Crippen molar-refractivity contribution >= 4 is 23.2 Å². The van der Waals surface area contributed by atoms with Crippen LogP contribution in [0, 0.1) is 0 Å². The van der Waals surface area contributed by atoms with Crippen LogP contribution >= 0.6 is 0 Å². The van der Waals surface area contributed by atoms with Gasteiger partial charge < -0.3 is 15.5 Å². The van der Waals surface area contributed by atoms with Gasteiger partial charge in [0.05, 0.1) is 5.56 Å². The van der Waals surface area contributed by atoms with Crippen molar-refractivity contribution in [2.24, 2.45) is 0 Å². The predicted molar refractivity (Wildman–Crippen MR) is 158 cm³/mol. The molecule has 3 aromatic carbocycles. The molecule has 6 heteroatoms. The molecule has 1 aliphatic heterocycles. The minimum atomic E-state index is -0.168. The van der Waals surface area contributed by atoms with Gasteiger partial charge >= 0.3 is 0 Å². The molecule has 2 aliphatic rings. The molecule has 2 amide bonds. The molecule has 1 saturated heterocycles. The van der Waals surface area contributed by atoms with E-state index in [-0.39, 0.29) is 17.9 Å². The number of hydrogen-bond acceptors (Lipinski definition) is 4. The third kappa shape index (κ3) is 7.07. The number of carbonyl (C=O) groups excluding carboxylic acids is 2. The summed E-state index contributed by atoms with van der Waals surface area (Å²) in [4.78, 5) is 31.3. The molecule has 204 valence electrons. The molecule has 3 aromatic rings. The van der Waals surface area contributed by atoms with Crippen LogP contribution in [0.15, 0.2) is 72.8 Å². The lowest BCUT2D eigenvalue weighted by atomic mass is 9.95. The van der Waals surface area contributed by atoms with Crippen LogP contribution in [0.25, 0.3) is 0 Å². The van der Waals surface area contributed by atoms with E-state index in [4.69, 9.17) is 0 Å². The van der Waals surface area contributed by atoms with Gasteiger partial charge in [0.2, 0.25) is 0 Å². The normalized spacial score (nSPS) is 16.6. The summed E-state index contributed by atoms with van der Waals surface area (Å²) in [5, 5.41) is 6.31. The maximum atomic E-state index is 13.6. The predicted octanol–water partition coefficient (Wildman–Crippen LogP) is 5.89. The average Bonchev–Trinajstić information content (AvgIpc) is 2.98. The Kier molecular flexibility index (Phi) is 8.94. The molecule has 0 aromatic heterocycles. The van der Waals surface area contributed by atoms with Crippen LogP contribution in [0.2, 0.25) is 0 Å². The number of carbonyl (C=O) groups is 2. The molecule has 6 nitrogen and oxygen atoms in total. The van der Waals surface area contributed by atoms with E-state index in [0.29, 0.717) is 16.8 Å². The standard InChI is InChI=1S/C33H40N4O2/c1-2-25-13-15-27(16-14-25)32(38)35-29-17-18-31(30(23-29)33(39)34-28-11-7-4-8-12-28)37-21-19-36(20-22-37)24-26-9-5-3-6-10-26/h3,5-6,9-10,13-18,23,28H,2,4,7-8,11-12,19-22,24H2,1H3,(H,34,39)(H,35,38). The van der Waals surface area contributed by atoms with Crippen LogP contribution in [0.5, 0.6) is 0 Å². The molecule has 0 unspecified atom stereocenters. The van der Waals surface area contributed by atoms with Crippen LogP contribution in [0.4, 0.5) is 11.4 Å². The van der Waals surface area contributed by atoms with E-state index < -0.39 is 0 Å². The highest BCUT2D eigenvalue weighted by Crippen LogP contribution is 2.27. The Labute approximate surface area is 232 Å². The lowest BCUT2D eigenvalue weighted by Gasteiger charge is -2.37. The molecule has 0 atom stereocenters. The van der Waals surface area contributed by atoms with Crippen LogP contribution in [0.1, 0.15) is 70.9 Å². The van der Waals surface area contributed by atoms with Gasteiger partial charge in [-0.2, -0.15) is 0 Å². The topological polar surface area (TPSA) is 64.7 Å². The number of benzene rings is 3. The quantitative estimate of drug-likeness (QED) is 0.386. The fraction of sp³-hybridized carbons (Fsp3) is 0.394. The highest BCUT2D eigenvalue weighted by Gasteiger charge is 2.24. The van der Waals surface area contributed by atoms with E-state index in [0.717, 1.165) is 70.5 Å². The van der Waals surface area contributed by atoms with E-state index in [2.05, 4.69) is 57.7 Å². The van der Waals surface area contributed by atoms with Gasteiger partial charge in [-0.3, -0.25) is 14.5 Å². The van der Waals surface area contributed by atoms with E-state index in [9.17, 15) is 9.59 Å². The highest BCUT2D eigenvalue weighted by molar-refractivity contribution is 6.06. The number of nitrogens with zero attached hydrogens (tertiary/aromatic N) is 2. The van der Waals surface area contributed by atoms with Crippen LogP contribution in [0.3, 0.4) is 0 Å². The minimum Gasteiger partial charge on any atom is -0.368 e. The van der Waals surface area contributed by atoms with Gasteiger partial charge in [-0.25, -0.2) is 0 Å². The number of rotatable bonds is 8. The third-order valence-electron chi connectivity index (χ3n) is 8.03. The maximum absolute atomic E-state index is 13.6. The number of nitrogens with one attached hydrogen (secondary N) is 2. The van der Waals surface area contributed by atoms with Gasteiger partial charge in [-0.15, -0.1) is 0 Å². The molecule has 0 bridgehead atoms. The Balaban J connectivity index is 1.32. The molecule has 1 heterocycles. The molecule has 0 spiro atoms. The lowest BCUT2D eigenvalue weighted by molar-refractivity contribution is 0.0927. The second-order valence-electron chi connectivity index (χ2n) is 10.8. The van der Waals surface area contributed by atoms with E-state index in [1.807, 2.05) is 42.5 Å². The Bertz CT molecular complexity index is 1240. The van der Waals surface area contributed by atoms with E-state index in [1.54, 1.807) is 0 Å². The summed E-state index contributed by atoms with van der Waals surface area (Å²) in [6.45, 7) is 6.61. The van der Waals surface area contributed by atoms with Crippen LogP contribution in [-0.2, 0) is 13.0 Å². The zero-order valence-electron chi connectivity index (χ0n) is 23.0. The number of hydrogen-bond donors (Lipinski definition) is 2. The second-order valence-corrected chi connectivity index (χ2v) is 10.8. The fourth-order valence-corrected chi connectivity index (χ4v) is 5.67. The first-order chi connectivity index (χ1) is 19.1. The van der Waals surface area contributed by atoms with Crippen molar-refractivity contribution in [3.8, 4) is 0 Å². The number of aryl methyl sites for hydroxylation is 1. The number of piperazine rings is 1. The summed E-state index contributed by atoms with van der Waals surface area (Å²) in [6.07, 6.45) is 6.56. The van der Waals surface area contributed by atoms with Crippen LogP contribution < -0.4 is 15.5 Å². The smallest absolute Gasteiger partial charge is 0.255 e. The maximum Gasteiger partial charge on any atom is 0.255 e. The Morgan fingerprint density at radius 1 is 0.795 bits per heavy atom. The zero-order chi connectivity index (χ0) is 27.0. The van der Waals surface area contributed by atoms with Gasteiger partial charge in [0.25, 0.3) is 11.8 Å². The molecule has 0 radical (unpaired) electrons. The molecular weight excluding hydrogens is 484 g/mol. The number of amides is 2. The molecule has 5 rings (SSSR count). The van der Waals surface area contributed by atoms with Crippen molar-refractivity contribution in [1.82, 2.24) is 10.2 Å². The van der Waals surface area contributed by atoms with Gasteiger partial charge in [-0.1, -0.05) is 68.7 Å². The summed E-state index contributed by atoms with van der Waals surface area (Å²) in [5.41, 5.74) is 5.34. The first-order valence-electron chi connectivity index (χ1n) is 14.5. The monoisotopic (exact) mass is 524 g/mol. The van der Waals surface area contributed by atoms with Crippen molar-refractivity contribution in [1.29, 1.82) is 0 Å². The largest absolute Gasteiger partial charge is 0.368 e. The van der Waals surface area contributed by atoms with Gasteiger partial charge in [0.1, 0.15) is 0 Å². The molecule has 39 heavy (non-hydrogen) atoms. The Morgan fingerprint density at radius 3 is 2.21 bits per heavy atom. The molecule has 1 aliphatic carbocycles. The van der Waals surface area contributed by atoms with Gasteiger partial charge in [0.15, 0.2) is 0 Å². The van der Waals surface area contributed by atoms with Gasteiger partial charge in [0, 0.05) is 55.7 Å². The zero-order valence-corrected chi connectivity index (χ0v) is 23.0. The summed E-state index contributed by atoms with van der Waals surface area (Å²) >= 11 is 0. The third-order valence-corrected chi connectivity index (χ3v) is 8.03. The van der Waals surface area contributed by atoms with Crippen molar-refractivity contribution in [3.05, 3.63) is 95.1 Å². The van der Waals surface area contributed by atoms with Gasteiger partial charge in [-0.05, 0) is 60.7 Å². The summed E-state index contributed by atoms with van der Waals surface area (Å²) < 4.78 is 0. The first-order valence-corrected chi connectivity index (χ1v) is 14.5. The Morgan fingerprint density at radius 2 is 1.51 bits per heavy atom. The van der Waals surface area contributed by atoms with Crippen LogP contribution in [-0.4, -0.2) is 48.9 Å². The SMILES string of the molecule is CCc1ccc(C(=O)Nc2ccc(N3CCN(Cc4ccccc4)CC3)c(C(=O)NC3CCCCC3)c2)cc1. The Hall–Kier alpha value is -3.64. The summed E-state index contributed by atoms with van der Waals surface area (Å²) in [6, 6.07) is 24.2. The molecule has 2 fully saturated rings. The van der Waals surface area contributed by atoms with Crippen molar-refractivity contribution in [2.75, 3.05) is 36.4 Å². The van der Waals surface area contributed by atoms with Crippen molar-refractivity contribution < 1.29 is 9.59 Å². The second kappa shape index (κ2) is 12.9. The van der Waals surface area contributed by atoms with Crippen molar-refractivity contribution in [2.45, 2.75) is 58.0 Å². The van der Waals surface area contributed by atoms with Crippen molar-refractivity contribution in [3.63, 3.8) is 0 Å². The minimum absolute atomic E-state index is 0.0491. The number of anilines is 2. The van der Waals surface area contributed by atoms with E-state index in [1.165, 1.54) is 17.5 Å². The van der Waals surface area contributed by atoms with E-state index >= 15 is 0 Å². The molecular formula is C33H40N4O2. The lowest BCUT2D eigenvalue weighted by Crippen LogP contribution is -2.46. The summed E-state index contributed by atoms with van der Waals surface area (Å²) in [7, 11) is 0. The highest BCUT2D eigenvalue weighted by atomic mass is 16.2. The molecule has 2 N–H and O–H groups in total. The first kappa shape index (κ1) is 26.9. The average molecular weight is 525 g/mol.